The van der Waals surface area contributed by atoms with E-state index >= 15 is 0 Å². The molecule has 0 aliphatic rings. The second kappa shape index (κ2) is 7.58. The van der Waals surface area contributed by atoms with E-state index < -0.39 is 0 Å². The number of nitrogens with one attached hydrogen (secondary N) is 2. The zero-order valence-corrected chi connectivity index (χ0v) is 13.5. The minimum absolute atomic E-state index is 0.174. The smallest absolute Gasteiger partial charge is 0.279 e. The average molecular weight is 342 g/mol. The Morgan fingerprint density at radius 2 is 1.95 bits per heavy atom. The molecule has 22 heavy (non-hydrogen) atoms. The Morgan fingerprint density at radius 1 is 1.23 bits per heavy atom. The Balaban J connectivity index is 1.94. The zero-order valence-electron chi connectivity index (χ0n) is 12.0. The molecule has 2 rings (SSSR count). The standard InChI is InChI=1S/C16H15Cl2FN2O/c1-21(9-13-14(18)6-3-7-15(13)19)10-16(22)20-12-5-2-4-11(17)8-12/h2-8H,9-10H2,1H3,(H,20,22)/p+1. The molecule has 0 bridgehead atoms. The lowest BCUT2D eigenvalue weighted by Gasteiger charge is -2.15. The van der Waals surface area contributed by atoms with Gasteiger partial charge in [0, 0.05) is 10.7 Å². The number of quaternary nitrogens is 1. The van der Waals surface area contributed by atoms with Gasteiger partial charge in [-0.2, -0.15) is 0 Å². The Hall–Kier alpha value is -1.62. The van der Waals surface area contributed by atoms with Gasteiger partial charge in [-0.05, 0) is 30.3 Å². The maximum Gasteiger partial charge on any atom is 0.279 e. The van der Waals surface area contributed by atoms with Crippen LogP contribution in [0, 0.1) is 5.82 Å². The topological polar surface area (TPSA) is 33.5 Å². The van der Waals surface area contributed by atoms with Crippen molar-refractivity contribution >= 4 is 34.8 Å². The van der Waals surface area contributed by atoms with Crippen LogP contribution in [0.3, 0.4) is 0 Å². The number of benzene rings is 2. The van der Waals surface area contributed by atoms with Crippen LogP contribution < -0.4 is 10.2 Å². The first kappa shape index (κ1) is 16.7. The number of hydrogen-bond donors (Lipinski definition) is 2. The van der Waals surface area contributed by atoms with Crippen LogP contribution in [0.4, 0.5) is 10.1 Å². The molecule has 0 saturated heterocycles. The minimum Gasteiger partial charge on any atom is -0.326 e. The Kier molecular flexibility index (Phi) is 5.77. The number of carbonyl (C=O) groups is 1. The quantitative estimate of drug-likeness (QED) is 0.861. The third-order valence-electron chi connectivity index (χ3n) is 3.11. The van der Waals surface area contributed by atoms with E-state index in [0.717, 1.165) is 4.90 Å². The molecular formula is C16H16Cl2FN2O+. The summed E-state index contributed by atoms with van der Waals surface area (Å²) < 4.78 is 13.7. The van der Waals surface area contributed by atoms with Crippen molar-refractivity contribution in [2.24, 2.45) is 0 Å². The highest BCUT2D eigenvalue weighted by Gasteiger charge is 2.15. The van der Waals surface area contributed by atoms with Crippen molar-refractivity contribution in [2.45, 2.75) is 6.54 Å². The monoisotopic (exact) mass is 341 g/mol. The molecule has 0 heterocycles. The van der Waals surface area contributed by atoms with E-state index in [2.05, 4.69) is 5.32 Å². The summed E-state index contributed by atoms with van der Waals surface area (Å²) in [4.78, 5) is 12.8. The van der Waals surface area contributed by atoms with E-state index in [9.17, 15) is 9.18 Å². The second-order valence-corrected chi connectivity index (χ2v) is 5.91. The normalized spacial score (nSPS) is 12.0. The van der Waals surface area contributed by atoms with Crippen LogP contribution in [0.15, 0.2) is 42.5 Å². The molecule has 0 aliphatic heterocycles. The molecule has 0 saturated carbocycles. The van der Waals surface area contributed by atoms with Crippen molar-refractivity contribution in [3.63, 3.8) is 0 Å². The van der Waals surface area contributed by atoms with E-state index in [1.807, 2.05) is 0 Å². The van der Waals surface area contributed by atoms with Crippen molar-refractivity contribution in [3.05, 3.63) is 63.9 Å². The third-order valence-corrected chi connectivity index (χ3v) is 3.70. The number of halogens is 3. The summed E-state index contributed by atoms with van der Waals surface area (Å²) in [6.45, 7) is 0.519. The highest BCUT2D eigenvalue weighted by atomic mass is 35.5. The first-order chi connectivity index (χ1) is 10.5. The highest BCUT2D eigenvalue weighted by molar-refractivity contribution is 6.31. The van der Waals surface area contributed by atoms with Gasteiger partial charge in [-0.3, -0.25) is 4.79 Å². The van der Waals surface area contributed by atoms with Crippen LogP contribution in [-0.2, 0) is 11.3 Å². The SMILES string of the molecule is C[NH+](CC(=O)Nc1cccc(Cl)c1)Cc1c(F)cccc1Cl. The Labute approximate surface area is 138 Å². The molecule has 0 fully saturated rings. The maximum atomic E-state index is 13.7. The second-order valence-electron chi connectivity index (χ2n) is 5.07. The highest BCUT2D eigenvalue weighted by Crippen LogP contribution is 2.17. The van der Waals surface area contributed by atoms with E-state index in [4.69, 9.17) is 23.2 Å². The molecule has 0 aromatic heterocycles. The molecule has 0 spiro atoms. The molecule has 0 radical (unpaired) electrons. The van der Waals surface area contributed by atoms with Crippen molar-refractivity contribution in [2.75, 3.05) is 18.9 Å². The van der Waals surface area contributed by atoms with E-state index in [1.54, 1.807) is 43.4 Å². The molecular weight excluding hydrogens is 326 g/mol. The number of anilines is 1. The van der Waals surface area contributed by atoms with Crippen LogP contribution in [-0.4, -0.2) is 19.5 Å². The van der Waals surface area contributed by atoms with Gasteiger partial charge in [-0.1, -0.05) is 35.3 Å². The van der Waals surface area contributed by atoms with E-state index in [-0.39, 0.29) is 18.3 Å². The molecule has 2 aromatic carbocycles. The Morgan fingerprint density at radius 3 is 2.64 bits per heavy atom. The largest absolute Gasteiger partial charge is 0.326 e. The van der Waals surface area contributed by atoms with Crippen molar-refractivity contribution < 1.29 is 14.1 Å². The van der Waals surface area contributed by atoms with Crippen molar-refractivity contribution in [1.82, 2.24) is 0 Å². The number of likely N-dealkylation sites (N-methyl/N-ethyl adjacent to an activating group) is 1. The van der Waals surface area contributed by atoms with Crippen molar-refractivity contribution in [1.29, 1.82) is 0 Å². The first-order valence-corrected chi connectivity index (χ1v) is 7.51. The van der Waals surface area contributed by atoms with Gasteiger partial charge in [0.25, 0.3) is 5.91 Å². The van der Waals surface area contributed by atoms with Gasteiger partial charge in [-0.15, -0.1) is 0 Å². The predicted octanol–water partition coefficient (Wildman–Crippen LogP) is 2.79. The van der Waals surface area contributed by atoms with Gasteiger partial charge in [-0.25, -0.2) is 4.39 Å². The fourth-order valence-corrected chi connectivity index (χ4v) is 2.53. The van der Waals surface area contributed by atoms with Gasteiger partial charge in [0.15, 0.2) is 6.54 Å². The summed E-state index contributed by atoms with van der Waals surface area (Å²) in [6.07, 6.45) is 0. The van der Waals surface area contributed by atoms with Crippen molar-refractivity contribution in [3.8, 4) is 0 Å². The van der Waals surface area contributed by atoms with Gasteiger partial charge in [0.1, 0.15) is 12.4 Å². The summed E-state index contributed by atoms with van der Waals surface area (Å²) in [5.74, 6) is -0.533. The van der Waals surface area contributed by atoms with Crippen LogP contribution in [0.25, 0.3) is 0 Å². The fraction of sp³-hybridized carbons (Fsp3) is 0.188. The lowest BCUT2D eigenvalue weighted by Crippen LogP contribution is -3.08. The van der Waals surface area contributed by atoms with Crippen LogP contribution in [0.1, 0.15) is 5.56 Å². The van der Waals surface area contributed by atoms with Crippen LogP contribution >= 0.6 is 23.2 Å². The van der Waals surface area contributed by atoms with Gasteiger partial charge in [0.05, 0.1) is 17.6 Å². The molecule has 0 aliphatic carbocycles. The molecule has 116 valence electrons. The number of carbonyl (C=O) groups excluding carboxylic acids is 1. The van der Waals surface area contributed by atoms with E-state index in [0.29, 0.717) is 27.8 Å². The third kappa shape index (κ3) is 4.70. The summed E-state index contributed by atoms with van der Waals surface area (Å²) in [5, 5.41) is 3.68. The zero-order chi connectivity index (χ0) is 16.1. The minimum atomic E-state index is -0.359. The fourth-order valence-electron chi connectivity index (χ4n) is 2.11. The molecule has 3 nitrogen and oxygen atoms in total. The molecule has 2 N–H and O–H groups in total. The van der Waals surface area contributed by atoms with E-state index in [1.165, 1.54) is 6.07 Å². The molecule has 1 amide bonds. The number of amides is 1. The summed E-state index contributed by atoms with van der Waals surface area (Å²) in [5.41, 5.74) is 1.05. The lowest BCUT2D eigenvalue weighted by atomic mass is 10.2. The van der Waals surface area contributed by atoms with Crippen LogP contribution in [0.2, 0.25) is 10.0 Å². The van der Waals surface area contributed by atoms with Gasteiger partial charge >= 0.3 is 0 Å². The first-order valence-electron chi connectivity index (χ1n) is 6.75. The number of hydrogen-bond acceptors (Lipinski definition) is 1. The maximum absolute atomic E-state index is 13.7. The predicted molar refractivity (Wildman–Crippen MR) is 86.9 cm³/mol. The van der Waals surface area contributed by atoms with Gasteiger partial charge in [0.2, 0.25) is 0 Å². The Bertz CT molecular complexity index is 659. The summed E-state index contributed by atoms with van der Waals surface area (Å²) in [6, 6.07) is 11.5. The summed E-state index contributed by atoms with van der Waals surface area (Å²) >= 11 is 11.9. The summed E-state index contributed by atoms with van der Waals surface area (Å²) in [7, 11) is 1.81. The molecule has 1 atom stereocenters. The van der Waals surface area contributed by atoms with Gasteiger partial charge < -0.3 is 10.2 Å². The molecule has 2 aromatic rings. The average Bonchev–Trinajstić information content (AvgIpc) is 2.43. The molecule has 6 heteroatoms. The molecule has 1 unspecified atom stereocenters. The van der Waals surface area contributed by atoms with Crippen LogP contribution in [0.5, 0.6) is 0 Å². The number of rotatable bonds is 5. The lowest BCUT2D eigenvalue weighted by molar-refractivity contribution is -0.885.